The maximum absolute atomic E-state index is 12.4. The summed E-state index contributed by atoms with van der Waals surface area (Å²) in [5.41, 5.74) is 2.34. The molecule has 6 nitrogen and oxygen atoms in total. The first kappa shape index (κ1) is 21.1. The standard InChI is InChI=1S/C24H26N4O2S/c1-18(14-25-24(29)22-17-28-11-4-3-10-23(28)26-22)30-20-8-5-7-19(13-20)15-27(2)16-21-9-6-12-31-21/h3-13,17-18H,14-16H2,1-2H3,(H,25,29)/t18-/m0/s1. The van der Waals surface area contributed by atoms with E-state index in [-0.39, 0.29) is 12.0 Å². The van der Waals surface area contributed by atoms with E-state index in [9.17, 15) is 4.79 Å². The second-order valence-corrected chi connectivity index (χ2v) is 8.66. The van der Waals surface area contributed by atoms with Crippen LogP contribution in [0.2, 0.25) is 0 Å². The molecule has 7 heteroatoms. The normalized spacial score (nSPS) is 12.2. The van der Waals surface area contributed by atoms with E-state index in [0.29, 0.717) is 12.2 Å². The van der Waals surface area contributed by atoms with E-state index in [1.165, 1.54) is 10.4 Å². The Morgan fingerprint density at radius 2 is 2.10 bits per heavy atom. The predicted molar refractivity (Wildman–Crippen MR) is 124 cm³/mol. The number of nitrogens with one attached hydrogen (secondary N) is 1. The molecule has 1 aromatic carbocycles. The molecule has 0 radical (unpaired) electrons. The molecule has 0 fully saturated rings. The lowest BCUT2D eigenvalue weighted by molar-refractivity contribution is 0.0928. The number of carbonyl (C=O) groups is 1. The van der Waals surface area contributed by atoms with Gasteiger partial charge in [0.2, 0.25) is 0 Å². The van der Waals surface area contributed by atoms with Crippen LogP contribution in [0.3, 0.4) is 0 Å². The Morgan fingerprint density at radius 3 is 2.90 bits per heavy atom. The van der Waals surface area contributed by atoms with Crippen LogP contribution in [0.25, 0.3) is 5.65 Å². The molecule has 4 rings (SSSR count). The SMILES string of the molecule is C[C@@H](CNC(=O)c1cn2ccccc2n1)Oc1cccc(CN(C)Cc2cccs2)c1. The molecule has 0 aliphatic heterocycles. The fourth-order valence-corrected chi connectivity index (χ4v) is 4.18. The molecule has 3 heterocycles. The molecule has 0 unspecified atom stereocenters. The summed E-state index contributed by atoms with van der Waals surface area (Å²) in [4.78, 5) is 20.4. The van der Waals surface area contributed by atoms with Gasteiger partial charge in [0.05, 0.1) is 6.54 Å². The quantitative estimate of drug-likeness (QED) is 0.428. The highest BCUT2D eigenvalue weighted by Crippen LogP contribution is 2.18. The smallest absolute Gasteiger partial charge is 0.271 e. The Hall–Kier alpha value is -3.16. The van der Waals surface area contributed by atoms with Crippen molar-refractivity contribution in [1.82, 2.24) is 19.6 Å². The first-order valence-electron chi connectivity index (χ1n) is 10.3. The Balaban J connectivity index is 1.28. The van der Waals surface area contributed by atoms with Gasteiger partial charge in [0, 0.05) is 30.4 Å². The second-order valence-electron chi connectivity index (χ2n) is 7.63. The first-order chi connectivity index (χ1) is 15.1. The van der Waals surface area contributed by atoms with Crippen molar-refractivity contribution in [2.24, 2.45) is 0 Å². The number of thiophene rings is 1. The summed E-state index contributed by atoms with van der Waals surface area (Å²) in [5, 5.41) is 5.01. The van der Waals surface area contributed by atoms with Gasteiger partial charge >= 0.3 is 0 Å². The van der Waals surface area contributed by atoms with E-state index in [1.807, 2.05) is 47.9 Å². The average molecular weight is 435 g/mol. The van der Waals surface area contributed by atoms with Gasteiger partial charge in [-0.15, -0.1) is 11.3 Å². The van der Waals surface area contributed by atoms with Crippen LogP contribution in [-0.2, 0) is 13.1 Å². The number of carbonyl (C=O) groups excluding carboxylic acids is 1. The molecule has 31 heavy (non-hydrogen) atoms. The molecule has 0 spiro atoms. The summed E-state index contributed by atoms with van der Waals surface area (Å²) in [6.45, 7) is 4.11. The van der Waals surface area contributed by atoms with E-state index < -0.39 is 0 Å². The maximum Gasteiger partial charge on any atom is 0.271 e. The van der Waals surface area contributed by atoms with Crippen LogP contribution in [0, 0.1) is 0 Å². The molecular formula is C24H26N4O2S. The van der Waals surface area contributed by atoms with Crippen LogP contribution in [-0.4, -0.2) is 39.9 Å². The van der Waals surface area contributed by atoms with E-state index in [1.54, 1.807) is 17.5 Å². The van der Waals surface area contributed by atoms with E-state index >= 15 is 0 Å². The van der Waals surface area contributed by atoms with Gasteiger partial charge in [-0.3, -0.25) is 9.69 Å². The molecular weight excluding hydrogens is 408 g/mol. The minimum Gasteiger partial charge on any atom is -0.489 e. The molecule has 1 amide bonds. The van der Waals surface area contributed by atoms with Gasteiger partial charge in [0.15, 0.2) is 0 Å². The Labute approximate surface area is 186 Å². The van der Waals surface area contributed by atoms with Crippen molar-refractivity contribution in [3.05, 3.63) is 88.5 Å². The maximum atomic E-state index is 12.4. The van der Waals surface area contributed by atoms with Crippen molar-refractivity contribution < 1.29 is 9.53 Å². The van der Waals surface area contributed by atoms with E-state index in [0.717, 1.165) is 24.5 Å². The van der Waals surface area contributed by atoms with Crippen molar-refractivity contribution in [3.63, 3.8) is 0 Å². The number of fused-ring (bicyclic) bond motifs is 1. The van der Waals surface area contributed by atoms with Gasteiger partial charge in [-0.25, -0.2) is 4.98 Å². The van der Waals surface area contributed by atoms with Gasteiger partial charge in [-0.1, -0.05) is 24.3 Å². The summed E-state index contributed by atoms with van der Waals surface area (Å²) in [6.07, 6.45) is 3.43. The summed E-state index contributed by atoms with van der Waals surface area (Å²) < 4.78 is 7.86. The molecule has 0 aliphatic rings. The molecule has 0 saturated heterocycles. The Morgan fingerprint density at radius 1 is 1.19 bits per heavy atom. The minimum atomic E-state index is -0.205. The van der Waals surface area contributed by atoms with Gasteiger partial charge in [-0.2, -0.15) is 0 Å². The summed E-state index contributed by atoms with van der Waals surface area (Å²) in [5.74, 6) is 0.597. The van der Waals surface area contributed by atoms with Crippen LogP contribution in [0.1, 0.15) is 27.9 Å². The van der Waals surface area contributed by atoms with Crippen LogP contribution in [0.5, 0.6) is 5.75 Å². The highest BCUT2D eigenvalue weighted by Gasteiger charge is 2.13. The molecule has 1 N–H and O–H groups in total. The lowest BCUT2D eigenvalue weighted by Gasteiger charge is -2.18. The Kier molecular flexibility index (Phi) is 6.64. The number of benzene rings is 1. The third kappa shape index (κ3) is 5.71. The van der Waals surface area contributed by atoms with E-state index in [4.69, 9.17) is 4.74 Å². The van der Waals surface area contributed by atoms with Crippen LogP contribution < -0.4 is 10.1 Å². The molecule has 4 aromatic rings. The van der Waals surface area contributed by atoms with Crippen LogP contribution >= 0.6 is 11.3 Å². The highest BCUT2D eigenvalue weighted by atomic mass is 32.1. The molecule has 160 valence electrons. The second kappa shape index (κ2) is 9.76. The summed E-state index contributed by atoms with van der Waals surface area (Å²) in [6, 6.07) is 18.0. The fraction of sp³-hybridized carbons (Fsp3) is 0.250. The molecule has 0 saturated carbocycles. The van der Waals surface area contributed by atoms with Crippen molar-refractivity contribution in [1.29, 1.82) is 0 Å². The molecule has 0 aliphatic carbocycles. The minimum absolute atomic E-state index is 0.167. The van der Waals surface area contributed by atoms with Crippen molar-refractivity contribution in [3.8, 4) is 5.75 Å². The number of hydrogen-bond acceptors (Lipinski definition) is 5. The van der Waals surface area contributed by atoms with Crippen molar-refractivity contribution in [2.45, 2.75) is 26.1 Å². The van der Waals surface area contributed by atoms with Gasteiger partial charge in [0.1, 0.15) is 23.2 Å². The van der Waals surface area contributed by atoms with Crippen molar-refractivity contribution in [2.75, 3.05) is 13.6 Å². The van der Waals surface area contributed by atoms with Gasteiger partial charge in [-0.05, 0) is 55.2 Å². The topological polar surface area (TPSA) is 58.9 Å². The largest absolute Gasteiger partial charge is 0.489 e. The Bertz CT molecular complexity index is 1110. The van der Waals surface area contributed by atoms with Gasteiger partial charge < -0.3 is 14.5 Å². The fourth-order valence-electron chi connectivity index (χ4n) is 3.40. The lowest BCUT2D eigenvalue weighted by Crippen LogP contribution is -2.33. The molecule has 0 bridgehead atoms. The zero-order chi connectivity index (χ0) is 21.6. The number of rotatable bonds is 9. The monoisotopic (exact) mass is 434 g/mol. The van der Waals surface area contributed by atoms with Crippen LogP contribution in [0.15, 0.2) is 72.4 Å². The average Bonchev–Trinajstić information content (AvgIpc) is 3.41. The number of nitrogens with zero attached hydrogens (tertiary/aromatic N) is 3. The number of pyridine rings is 1. The zero-order valence-corrected chi connectivity index (χ0v) is 18.5. The summed E-state index contributed by atoms with van der Waals surface area (Å²) in [7, 11) is 2.12. The number of aromatic nitrogens is 2. The predicted octanol–water partition coefficient (Wildman–Crippen LogP) is 4.23. The first-order valence-corrected chi connectivity index (χ1v) is 11.1. The van der Waals surface area contributed by atoms with Crippen LogP contribution in [0.4, 0.5) is 0 Å². The number of ether oxygens (including phenoxy) is 1. The number of imidazole rings is 1. The molecule has 3 aromatic heterocycles. The highest BCUT2D eigenvalue weighted by molar-refractivity contribution is 7.09. The third-order valence-electron chi connectivity index (χ3n) is 4.84. The number of hydrogen-bond donors (Lipinski definition) is 1. The van der Waals surface area contributed by atoms with Crippen molar-refractivity contribution >= 4 is 22.9 Å². The third-order valence-corrected chi connectivity index (χ3v) is 5.70. The van der Waals surface area contributed by atoms with Gasteiger partial charge in [0.25, 0.3) is 5.91 Å². The zero-order valence-electron chi connectivity index (χ0n) is 17.7. The summed E-state index contributed by atoms with van der Waals surface area (Å²) >= 11 is 1.77. The molecule has 1 atom stereocenters. The number of amides is 1. The lowest BCUT2D eigenvalue weighted by atomic mass is 10.2. The van der Waals surface area contributed by atoms with E-state index in [2.05, 4.69) is 51.9 Å².